The number of H-pyrrole nitrogens is 1. The van der Waals surface area contributed by atoms with Crippen LogP contribution in [0.3, 0.4) is 0 Å². The van der Waals surface area contributed by atoms with Gasteiger partial charge in [-0.15, -0.1) is 0 Å². The molecule has 0 saturated heterocycles. The van der Waals surface area contributed by atoms with E-state index in [1.807, 2.05) is 18.3 Å². The average molecular weight is 205 g/mol. The van der Waals surface area contributed by atoms with Crippen LogP contribution in [0, 0.1) is 0 Å². The number of rotatable bonds is 3. The summed E-state index contributed by atoms with van der Waals surface area (Å²) in [6.07, 6.45) is 2.76. The van der Waals surface area contributed by atoms with E-state index in [2.05, 4.69) is 4.98 Å². The number of hydrogen-bond donors (Lipinski definition) is 3. The lowest BCUT2D eigenvalue weighted by molar-refractivity contribution is 0.419. The lowest BCUT2D eigenvalue weighted by Gasteiger charge is -2.05. The molecule has 2 aromatic rings. The van der Waals surface area contributed by atoms with E-state index in [-0.39, 0.29) is 0 Å². The van der Waals surface area contributed by atoms with E-state index in [9.17, 15) is 0 Å². The molecule has 1 aromatic carbocycles. The van der Waals surface area contributed by atoms with Crippen LogP contribution in [0.25, 0.3) is 10.9 Å². The molecule has 0 aliphatic rings. The predicted octanol–water partition coefficient (Wildman–Crippen LogP) is 1.26. The molecule has 5 N–H and O–H groups in total. The molecule has 4 heteroatoms. The molecule has 0 aliphatic carbocycles. The van der Waals surface area contributed by atoms with Crippen molar-refractivity contribution in [2.75, 3.05) is 19.4 Å². The maximum absolute atomic E-state index is 5.87. The maximum Gasteiger partial charge on any atom is 0.128 e. The molecule has 0 saturated carbocycles. The number of ether oxygens (including phenoxy) is 1. The third kappa shape index (κ3) is 1.53. The third-order valence-corrected chi connectivity index (χ3v) is 2.54. The van der Waals surface area contributed by atoms with E-state index in [0.29, 0.717) is 6.54 Å². The van der Waals surface area contributed by atoms with Crippen LogP contribution in [0.4, 0.5) is 5.69 Å². The standard InChI is InChI=1S/C11H15N3O/c1-15-9-3-2-8(13)11-10(9)7(4-5-12)6-14-11/h2-3,6,14H,4-5,12-13H2,1H3. The fraction of sp³-hybridized carbons (Fsp3) is 0.273. The van der Waals surface area contributed by atoms with E-state index in [0.717, 1.165) is 34.3 Å². The number of hydrogen-bond acceptors (Lipinski definition) is 3. The van der Waals surface area contributed by atoms with Gasteiger partial charge in [0, 0.05) is 11.6 Å². The van der Waals surface area contributed by atoms with Gasteiger partial charge in [0.05, 0.1) is 18.3 Å². The van der Waals surface area contributed by atoms with Crippen molar-refractivity contribution in [2.45, 2.75) is 6.42 Å². The second-order valence-corrected chi connectivity index (χ2v) is 3.46. The second kappa shape index (κ2) is 3.82. The molecule has 2 rings (SSSR count). The molecule has 1 heterocycles. The van der Waals surface area contributed by atoms with E-state index in [1.54, 1.807) is 7.11 Å². The Morgan fingerprint density at radius 2 is 2.20 bits per heavy atom. The summed E-state index contributed by atoms with van der Waals surface area (Å²) in [6.45, 7) is 0.616. The molecule has 0 radical (unpaired) electrons. The molecule has 0 spiro atoms. The van der Waals surface area contributed by atoms with Gasteiger partial charge >= 0.3 is 0 Å². The Bertz CT molecular complexity index is 476. The number of anilines is 1. The minimum atomic E-state index is 0.616. The molecule has 15 heavy (non-hydrogen) atoms. The Hall–Kier alpha value is -1.68. The fourth-order valence-corrected chi connectivity index (χ4v) is 1.83. The van der Waals surface area contributed by atoms with Gasteiger partial charge in [0.25, 0.3) is 0 Å². The molecule has 0 aliphatic heterocycles. The summed E-state index contributed by atoms with van der Waals surface area (Å²) >= 11 is 0. The van der Waals surface area contributed by atoms with Gasteiger partial charge in [0.15, 0.2) is 0 Å². The van der Waals surface area contributed by atoms with E-state index in [4.69, 9.17) is 16.2 Å². The first-order valence-corrected chi connectivity index (χ1v) is 4.90. The molecule has 0 atom stereocenters. The van der Waals surface area contributed by atoms with Gasteiger partial charge in [0.2, 0.25) is 0 Å². The van der Waals surface area contributed by atoms with Crippen LogP contribution in [0.5, 0.6) is 5.75 Å². The topological polar surface area (TPSA) is 77.1 Å². The monoisotopic (exact) mass is 205 g/mol. The molecule has 0 amide bonds. The normalized spacial score (nSPS) is 10.8. The molecule has 0 bridgehead atoms. The fourth-order valence-electron chi connectivity index (χ4n) is 1.83. The summed E-state index contributed by atoms with van der Waals surface area (Å²) in [5, 5.41) is 1.04. The van der Waals surface area contributed by atoms with Crippen molar-refractivity contribution < 1.29 is 4.74 Å². The Kier molecular flexibility index (Phi) is 2.51. The summed E-state index contributed by atoms with van der Waals surface area (Å²) in [5.74, 6) is 0.837. The molecule has 0 fully saturated rings. The number of nitrogens with one attached hydrogen (secondary N) is 1. The van der Waals surface area contributed by atoms with Crippen LogP contribution in [0.15, 0.2) is 18.3 Å². The maximum atomic E-state index is 5.87. The minimum Gasteiger partial charge on any atom is -0.496 e. The van der Waals surface area contributed by atoms with Crippen molar-refractivity contribution in [3.8, 4) is 5.75 Å². The second-order valence-electron chi connectivity index (χ2n) is 3.46. The Balaban J connectivity index is 2.69. The van der Waals surface area contributed by atoms with Gasteiger partial charge in [-0.3, -0.25) is 0 Å². The van der Waals surface area contributed by atoms with Crippen molar-refractivity contribution in [3.05, 3.63) is 23.9 Å². The number of aromatic nitrogens is 1. The highest BCUT2D eigenvalue weighted by Gasteiger charge is 2.10. The van der Waals surface area contributed by atoms with Gasteiger partial charge in [-0.05, 0) is 30.7 Å². The first-order chi connectivity index (χ1) is 7.27. The van der Waals surface area contributed by atoms with Crippen molar-refractivity contribution in [3.63, 3.8) is 0 Å². The van der Waals surface area contributed by atoms with Crippen molar-refractivity contribution >= 4 is 16.6 Å². The van der Waals surface area contributed by atoms with Gasteiger partial charge in [-0.2, -0.15) is 0 Å². The number of benzene rings is 1. The number of fused-ring (bicyclic) bond motifs is 1. The van der Waals surface area contributed by atoms with Crippen LogP contribution >= 0.6 is 0 Å². The number of nitrogen functional groups attached to an aromatic ring is 1. The highest BCUT2D eigenvalue weighted by Crippen LogP contribution is 2.32. The lowest BCUT2D eigenvalue weighted by atomic mass is 10.1. The van der Waals surface area contributed by atoms with E-state index < -0.39 is 0 Å². The van der Waals surface area contributed by atoms with Crippen LogP contribution < -0.4 is 16.2 Å². The summed E-state index contributed by atoms with van der Waals surface area (Å²) in [7, 11) is 1.66. The van der Waals surface area contributed by atoms with Gasteiger partial charge in [-0.25, -0.2) is 0 Å². The average Bonchev–Trinajstić information content (AvgIpc) is 2.65. The molecule has 1 aromatic heterocycles. The van der Waals surface area contributed by atoms with E-state index in [1.165, 1.54) is 0 Å². The highest BCUT2D eigenvalue weighted by molar-refractivity contribution is 5.97. The molecule has 80 valence electrons. The van der Waals surface area contributed by atoms with Crippen LogP contribution in [-0.4, -0.2) is 18.6 Å². The lowest BCUT2D eigenvalue weighted by Crippen LogP contribution is -2.02. The van der Waals surface area contributed by atoms with Crippen molar-refractivity contribution in [1.82, 2.24) is 4.98 Å². The smallest absolute Gasteiger partial charge is 0.128 e. The molecule has 4 nitrogen and oxygen atoms in total. The van der Waals surface area contributed by atoms with Gasteiger partial charge in [-0.1, -0.05) is 0 Å². The zero-order chi connectivity index (χ0) is 10.8. The summed E-state index contributed by atoms with van der Waals surface area (Å²) in [5.41, 5.74) is 14.2. The molecular weight excluding hydrogens is 190 g/mol. The SMILES string of the molecule is COc1ccc(N)c2[nH]cc(CCN)c12. The molecular formula is C11H15N3O. The van der Waals surface area contributed by atoms with Crippen LogP contribution in [0.1, 0.15) is 5.56 Å². The number of aromatic amines is 1. The number of nitrogens with two attached hydrogens (primary N) is 2. The Labute approximate surface area is 88.2 Å². The van der Waals surface area contributed by atoms with Gasteiger partial charge in [0.1, 0.15) is 5.75 Å². The summed E-state index contributed by atoms with van der Waals surface area (Å²) in [4.78, 5) is 3.16. The third-order valence-electron chi connectivity index (χ3n) is 2.54. The van der Waals surface area contributed by atoms with Gasteiger partial charge < -0.3 is 21.2 Å². The van der Waals surface area contributed by atoms with Crippen LogP contribution in [0.2, 0.25) is 0 Å². The number of methoxy groups -OCH3 is 1. The largest absolute Gasteiger partial charge is 0.496 e. The highest BCUT2D eigenvalue weighted by atomic mass is 16.5. The van der Waals surface area contributed by atoms with Crippen molar-refractivity contribution in [2.24, 2.45) is 5.73 Å². The zero-order valence-corrected chi connectivity index (χ0v) is 8.71. The Morgan fingerprint density at radius 3 is 2.87 bits per heavy atom. The quantitative estimate of drug-likeness (QED) is 0.660. The minimum absolute atomic E-state index is 0.616. The zero-order valence-electron chi connectivity index (χ0n) is 8.71. The van der Waals surface area contributed by atoms with E-state index >= 15 is 0 Å². The van der Waals surface area contributed by atoms with Crippen LogP contribution in [-0.2, 0) is 6.42 Å². The van der Waals surface area contributed by atoms with Crippen molar-refractivity contribution in [1.29, 1.82) is 0 Å². The predicted molar refractivity (Wildman–Crippen MR) is 62.0 cm³/mol. The summed E-state index contributed by atoms with van der Waals surface area (Å²) in [6, 6.07) is 3.72. The molecule has 0 unspecified atom stereocenters. The first kappa shape index (κ1) is 9.86. The first-order valence-electron chi connectivity index (χ1n) is 4.90. The summed E-state index contributed by atoms with van der Waals surface area (Å²) < 4.78 is 5.31. The Morgan fingerprint density at radius 1 is 1.40 bits per heavy atom.